The largest absolute Gasteiger partial charge is 0.378 e. The van der Waals surface area contributed by atoms with Crippen molar-refractivity contribution in [1.29, 1.82) is 0 Å². The molecule has 6 heteroatoms. The molecule has 0 bridgehead atoms. The van der Waals surface area contributed by atoms with E-state index in [-0.39, 0.29) is 0 Å². The highest BCUT2D eigenvalue weighted by Gasteiger charge is 2.28. The van der Waals surface area contributed by atoms with Crippen LogP contribution in [0.4, 0.5) is 5.82 Å². The lowest BCUT2D eigenvalue weighted by molar-refractivity contribution is 0.122. The summed E-state index contributed by atoms with van der Waals surface area (Å²) in [4.78, 5) is 11.9. The molecule has 0 unspecified atom stereocenters. The molecule has 2 aliphatic rings. The molecule has 0 atom stereocenters. The van der Waals surface area contributed by atoms with Crippen molar-refractivity contribution >= 4 is 16.7 Å². The minimum atomic E-state index is 0.660. The summed E-state index contributed by atoms with van der Waals surface area (Å²) in [6, 6.07) is 6.32. The summed E-state index contributed by atoms with van der Waals surface area (Å²) in [6.07, 6.45) is 6.16. The maximum Gasteiger partial charge on any atom is 0.129 e. The molecule has 1 saturated carbocycles. The van der Waals surface area contributed by atoms with Gasteiger partial charge in [-0.1, -0.05) is 0 Å². The van der Waals surface area contributed by atoms with Crippen LogP contribution in [0.25, 0.3) is 22.3 Å². The van der Waals surface area contributed by atoms with Crippen LogP contribution >= 0.6 is 0 Å². The first-order chi connectivity index (χ1) is 11.9. The number of hydrogen-bond donors (Lipinski definition) is 1. The van der Waals surface area contributed by atoms with Gasteiger partial charge in [0.2, 0.25) is 0 Å². The second kappa shape index (κ2) is 5.56. The second-order valence-corrected chi connectivity index (χ2v) is 6.47. The number of aromatic nitrogens is 4. The van der Waals surface area contributed by atoms with E-state index in [0.717, 1.165) is 49.0 Å². The van der Waals surface area contributed by atoms with Crippen molar-refractivity contribution in [3.8, 4) is 11.4 Å². The Kier molecular flexibility index (Phi) is 3.23. The molecular weight excluding hydrogens is 302 g/mol. The third-order valence-electron chi connectivity index (χ3n) is 4.85. The van der Waals surface area contributed by atoms with E-state index in [1.54, 1.807) is 6.20 Å². The normalized spacial score (nSPS) is 18.2. The van der Waals surface area contributed by atoms with Crippen LogP contribution in [0.2, 0.25) is 0 Å². The van der Waals surface area contributed by atoms with Crippen molar-refractivity contribution in [1.82, 2.24) is 20.2 Å². The summed E-state index contributed by atoms with van der Waals surface area (Å²) in [5, 5.41) is 8.31. The lowest BCUT2D eigenvalue weighted by Crippen LogP contribution is -2.36. The number of hydrogen-bond acceptors (Lipinski definition) is 5. The standard InChI is InChI=1S/C18H19N5O/c1-2-12(1)14-11-16(23-7-9-24-10-8-23)21-17-13(14)3-5-19-18(17)15-4-6-20-22-15/h3-6,11-12H,1-2,7-10H2,(H,20,22). The predicted octanol–water partition coefficient (Wildman–Crippen LogP) is 2.73. The Morgan fingerprint density at radius 3 is 2.75 bits per heavy atom. The average molecular weight is 321 g/mol. The maximum absolute atomic E-state index is 5.49. The molecule has 0 aromatic carbocycles. The Labute approximate surface area is 139 Å². The van der Waals surface area contributed by atoms with Gasteiger partial charge in [0.15, 0.2) is 0 Å². The van der Waals surface area contributed by atoms with E-state index in [0.29, 0.717) is 5.92 Å². The monoisotopic (exact) mass is 321 g/mol. The van der Waals surface area contributed by atoms with Crippen LogP contribution in [-0.2, 0) is 4.74 Å². The van der Waals surface area contributed by atoms with E-state index in [2.05, 4.69) is 32.2 Å². The number of nitrogens with one attached hydrogen (secondary N) is 1. The molecular formula is C18H19N5O. The molecule has 3 aromatic heterocycles. The predicted molar refractivity (Wildman–Crippen MR) is 92.1 cm³/mol. The van der Waals surface area contributed by atoms with Gasteiger partial charge in [-0.15, -0.1) is 0 Å². The molecule has 0 amide bonds. The van der Waals surface area contributed by atoms with Crippen molar-refractivity contribution in [2.75, 3.05) is 31.2 Å². The Bertz CT molecular complexity index is 867. The van der Waals surface area contributed by atoms with Crippen LogP contribution in [0.1, 0.15) is 24.3 Å². The van der Waals surface area contributed by atoms with Crippen molar-refractivity contribution in [2.45, 2.75) is 18.8 Å². The summed E-state index contributed by atoms with van der Waals surface area (Å²) in [7, 11) is 0. The van der Waals surface area contributed by atoms with Gasteiger partial charge >= 0.3 is 0 Å². The number of morpholine rings is 1. The molecule has 0 spiro atoms. The van der Waals surface area contributed by atoms with Gasteiger partial charge in [-0.3, -0.25) is 10.1 Å². The van der Waals surface area contributed by atoms with E-state index >= 15 is 0 Å². The van der Waals surface area contributed by atoms with Crippen molar-refractivity contribution < 1.29 is 4.74 Å². The van der Waals surface area contributed by atoms with Crippen molar-refractivity contribution in [3.63, 3.8) is 0 Å². The molecule has 5 rings (SSSR count). The molecule has 1 aliphatic heterocycles. The molecule has 1 aliphatic carbocycles. The topological polar surface area (TPSA) is 66.9 Å². The number of rotatable bonds is 3. The van der Waals surface area contributed by atoms with Crippen LogP contribution in [0.15, 0.2) is 30.6 Å². The number of pyridine rings is 2. The van der Waals surface area contributed by atoms with E-state index in [1.807, 2.05) is 12.3 Å². The number of nitrogens with zero attached hydrogens (tertiary/aromatic N) is 4. The number of anilines is 1. The first-order valence-corrected chi connectivity index (χ1v) is 8.52. The molecule has 1 saturated heterocycles. The van der Waals surface area contributed by atoms with Gasteiger partial charge in [0, 0.05) is 30.9 Å². The highest BCUT2D eigenvalue weighted by atomic mass is 16.5. The quantitative estimate of drug-likeness (QED) is 0.803. The van der Waals surface area contributed by atoms with Gasteiger partial charge in [-0.05, 0) is 42.5 Å². The zero-order chi connectivity index (χ0) is 15.9. The lowest BCUT2D eigenvalue weighted by atomic mass is 10.0. The molecule has 122 valence electrons. The average Bonchev–Trinajstić information content (AvgIpc) is 3.35. The molecule has 0 radical (unpaired) electrons. The summed E-state index contributed by atoms with van der Waals surface area (Å²) in [5.74, 6) is 1.70. The third-order valence-corrected chi connectivity index (χ3v) is 4.85. The summed E-state index contributed by atoms with van der Waals surface area (Å²) in [5.41, 5.74) is 4.16. The van der Waals surface area contributed by atoms with Gasteiger partial charge < -0.3 is 9.64 Å². The molecule has 2 fully saturated rings. The van der Waals surface area contributed by atoms with Crippen molar-refractivity contribution in [2.24, 2.45) is 0 Å². The first kappa shape index (κ1) is 13.9. The summed E-state index contributed by atoms with van der Waals surface area (Å²) >= 11 is 0. The Morgan fingerprint density at radius 2 is 2.00 bits per heavy atom. The zero-order valence-electron chi connectivity index (χ0n) is 13.4. The number of H-pyrrole nitrogens is 1. The fraction of sp³-hybridized carbons (Fsp3) is 0.389. The Hall–Kier alpha value is -2.47. The van der Waals surface area contributed by atoms with Crippen LogP contribution in [-0.4, -0.2) is 46.5 Å². The van der Waals surface area contributed by atoms with Crippen molar-refractivity contribution in [3.05, 3.63) is 36.2 Å². The smallest absolute Gasteiger partial charge is 0.129 e. The molecule has 4 heterocycles. The first-order valence-electron chi connectivity index (χ1n) is 8.52. The Morgan fingerprint density at radius 1 is 1.12 bits per heavy atom. The highest BCUT2D eigenvalue weighted by Crippen LogP contribution is 2.44. The fourth-order valence-corrected chi connectivity index (χ4v) is 3.44. The summed E-state index contributed by atoms with van der Waals surface area (Å²) < 4.78 is 5.49. The minimum absolute atomic E-state index is 0.660. The highest BCUT2D eigenvalue weighted by molar-refractivity contribution is 5.94. The summed E-state index contributed by atoms with van der Waals surface area (Å²) in [6.45, 7) is 3.31. The lowest BCUT2D eigenvalue weighted by Gasteiger charge is -2.28. The molecule has 1 N–H and O–H groups in total. The van der Waals surface area contributed by atoms with Crippen LogP contribution < -0.4 is 4.90 Å². The molecule has 24 heavy (non-hydrogen) atoms. The number of aromatic amines is 1. The van der Waals surface area contributed by atoms with Crippen LogP contribution in [0.3, 0.4) is 0 Å². The van der Waals surface area contributed by atoms with Crippen LogP contribution in [0.5, 0.6) is 0 Å². The van der Waals surface area contributed by atoms with Gasteiger partial charge in [0.25, 0.3) is 0 Å². The second-order valence-electron chi connectivity index (χ2n) is 6.47. The van der Waals surface area contributed by atoms with E-state index < -0.39 is 0 Å². The van der Waals surface area contributed by atoms with Gasteiger partial charge in [0.05, 0.1) is 18.9 Å². The van der Waals surface area contributed by atoms with E-state index in [4.69, 9.17) is 9.72 Å². The molecule has 3 aromatic rings. The van der Waals surface area contributed by atoms with Crippen LogP contribution in [0, 0.1) is 0 Å². The Balaban J connectivity index is 1.72. The van der Waals surface area contributed by atoms with E-state index in [1.165, 1.54) is 23.8 Å². The maximum atomic E-state index is 5.49. The SMILES string of the molecule is c1cc(-c2nccc3c(C4CC4)cc(N4CCOCC4)nc23)[nH]n1. The number of ether oxygens (including phenoxy) is 1. The minimum Gasteiger partial charge on any atom is -0.378 e. The van der Waals surface area contributed by atoms with Gasteiger partial charge in [-0.2, -0.15) is 5.10 Å². The third kappa shape index (κ3) is 2.34. The number of fused-ring (bicyclic) bond motifs is 1. The van der Waals surface area contributed by atoms with Gasteiger partial charge in [0.1, 0.15) is 17.0 Å². The van der Waals surface area contributed by atoms with E-state index in [9.17, 15) is 0 Å². The molecule has 6 nitrogen and oxygen atoms in total. The van der Waals surface area contributed by atoms with Gasteiger partial charge in [-0.25, -0.2) is 4.98 Å². The fourth-order valence-electron chi connectivity index (χ4n) is 3.44. The zero-order valence-corrected chi connectivity index (χ0v) is 13.4.